The van der Waals surface area contributed by atoms with Gasteiger partial charge in [0.2, 0.25) is 0 Å². The molecule has 1 aromatic rings. The predicted octanol–water partition coefficient (Wildman–Crippen LogP) is 1.89. The zero-order chi connectivity index (χ0) is 17.3. The predicted molar refractivity (Wildman–Crippen MR) is 82.6 cm³/mol. The molecule has 0 aliphatic carbocycles. The number of rotatable bonds is 8. The van der Waals surface area contributed by atoms with Crippen LogP contribution in [0.1, 0.15) is 0 Å². The molecule has 0 bridgehead atoms. The molecule has 0 aromatic heterocycles. The van der Waals surface area contributed by atoms with Gasteiger partial charge in [0.15, 0.2) is 5.96 Å². The van der Waals surface area contributed by atoms with Gasteiger partial charge >= 0.3 is 6.36 Å². The molecule has 0 aliphatic heterocycles. The minimum absolute atomic E-state index is 0.189. The third-order valence-corrected chi connectivity index (χ3v) is 2.80. The minimum Gasteiger partial charge on any atom is -0.406 e. The summed E-state index contributed by atoms with van der Waals surface area (Å²) < 4.78 is 44.9. The number of hydrogen-bond acceptors (Lipinski definition) is 4. The fourth-order valence-electron chi connectivity index (χ4n) is 1.63. The highest BCUT2D eigenvalue weighted by molar-refractivity contribution is 5.92. The fourth-order valence-corrected chi connectivity index (χ4v) is 1.63. The Kier molecular flexibility index (Phi) is 7.63. The Morgan fingerprint density at radius 2 is 1.91 bits per heavy atom. The molecular weight excluding hydrogens is 313 g/mol. The number of halogens is 3. The first-order valence-electron chi connectivity index (χ1n) is 6.90. The molecule has 0 spiro atoms. The largest absolute Gasteiger partial charge is 0.573 e. The lowest BCUT2D eigenvalue weighted by Crippen LogP contribution is -2.28. The SMILES string of the molecule is COCCN(C)CCN=C(N)Nc1ccc(OC(F)(F)F)cc1. The van der Waals surface area contributed by atoms with Crippen LogP contribution in [0.25, 0.3) is 0 Å². The molecule has 0 aliphatic rings. The van der Waals surface area contributed by atoms with Gasteiger partial charge in [-0.1, -0.05) is 0 Å². The number of alkyl halides is 3. The van der Waals surface area contributed by atoms with E-state index in [-0.39, 0.29) is 11.7 Å². The highest BCUT2D eigenvalue weighted by atomic mass is 19.4. The summed E-state index contributed by atoms with van der Waals surface area (Å²) in [4.78, 5) is 6.18. The molecule has 0 saturated carbocycles. The van der Waals surface area contributed by atoms with Crippen molar-refractivity contribution in [3.8, 4) is 5.75 Å². The smallest absolute Gasteiger partial charge is 0.406 e. The maximum absolute atomic E-state index is 12.0. The van der Waals surface area contributed by atoms with E-state index in [2.05, 4.69) is 15.0 Å². The van der Waals surface area contributed by atoms with E-state index in [1.807, 2.05) is 11.9 Å². The summed E-state index contributed by atoms with van der Waals surface area (Å²) in [5.41, 5.74) is 6.24. The summed E-state index contributed by atoms with van der Waals surface area (Å²) >= 11 is 0. The third kappa shape index (κ3) is 8.89. The van der Waals surface area contributed by atoms with Crippen LogP contribution in [0.2, 0.25) is 0 Å². The summed E-state index contributed by atoms with van der Waals surface area (Å²) in [6.07, 6.45) is -4.70. The lowest BCUT2D eigenvalue weighted by atomic mass is 10.3. The molecule has 0 fully saturated rings. The Labute approximate surface area is 133 Å². The summed E-state index contributed by atoms with van der Waals surface area (Å²) in [5.74, 6) is -0.104. The Morgan fingerprint density at radius 1 is 1.26 bits per heavy atom. The second-order valence-corrected chi connectivity index (χ2v) is 4.76. The maximum atomic E-state index is 12.0. The van der Waals surface area contributed by atoms with E-state index in [1.165, 1.54) is 24.3 Å². The number of nitrogens with two attached hydrogens (primary N) is 1. The molecular formula is C14H21F3N4O2. The lowest BCUT2D eigenvalue weighted by molar-refractivity contribution is -0.274. The van der Waals surface area contributed by atoms with Crippen molar-refractivity contribution in [2.24, 2.45) is 10.7 Å². The molecule has 0 heterocycles. The van der Waals surface area contributed by atoms with Gasteiger partial charge in [-0.05, 0) is 31.3 Å². The highest BCUT2D eigenvalue weighted by Crippen LogP contribution is 2.23. The van der Waals surface area contributed by atoms with E-state index in [0.29, 0.717) is 25.4 Å². The number of likely N-dealkylation sites (N-methyl/N-ethyl adjacent to an activating group) is 1. The van der Waals surface area contributed by atoms with Crippen molar-refractivity contribution in [2.75, 3.05) is 45.7 Å². The van der Waals surface area contributed by atoms with Gasteiger partial charge in [0, 0.05) is 25.9 Å². The van der Waals surface area contributed by atoms with E-state index < -0.39 is 6.36 Å². The van der Waals surface area contributed by atoms with Crippen LogP contribution in [0.15, 0.2) is 29.3 Å². The van der Waals surface area contributed by atoms with Crippen molar-refractivity contribution in [1.82, 2.24) is 4.90 Å². The Morgan fingerprint density at radius 3 is 2.48 bits per heavy atom. The number of ether oxygens (including phenoxy) is 2. The van der Waals surface area contributed by atoms with E-state index in [0.717, 1.165) is 6.54 Å². The number of guanidine groups is 1. The monoisotopic (exact) mass is 334 g/mol. The molecule has 23 heavy (non-hydrogen) atoms. The second-order valence-electron chi connectivity index (χ2n) is 4.76. The topological polar surface area (TPSA) is 72.1 Å². The average Bonchev–Trinajstić information content (AvgIpc) is 2.45. The van der Waals surface area contributed by atoms with Crippen LogP contribution < -0.4 is 15.8 Å². The first kappa shape index (κ1) is 19.0. The molecule has 130 valence electrons. The molecule has 9 heteroatoms. The van der Waals surface area contributed by atoms with Crippen molar-refractivity contribution >= 4 is 11.6 Å². The standard InChI is InChI=1S/C14H21F3N4O2/c1-21(9-10-22-2)8-7-19-13(18)20-11-3-5-12(6-4-11)23-14(15,16)17/h3-6H,7-10H2,1-2H3,(H3,18,19,20). The van der Waals surface area contributed by atoms with Crippen LogP contribution in [0, 0.1) is 0 Å². The summed E-state index contributed by atoms with van der Waals surface area (Å²) in [6.45, 7) is 2.64. The van der Waals surface area contributed by atoms with Crippen LogP contribution in [0.4, 0.5) is 18.9 Å². The van der Waals surface area contributed by atoms with Gasteiger partial charge < -0.3 is 25.4 Å². The van der Waals surface area contributed by atoms with Crippen molar-refractivity contribution < 1.29 is 22.6 Å². The van der Waals surface area contributed by atoms with Gasteiger partial charge in [0.1, 0.15) is 5.75 Å². The Hall–Kier alpha value is -2.00. The number of hydrogen-bond donors (Lipinski definition) is 2. The number of aliphatic imine (C=N–C) groups is 1. The zero-order valence-electron chi connectivity index (χ0n) is 13.1. The number of methoxy groups -OCH3 is 1. The van der Waals surface area contributed by atoms with E-state index in [9.17, 15) is 13.2 Å². The highest BCUT2D eigenvalue weighted by Gasteiger charge is 2.30. The Bertz CT molecular complexity index is 492. The molecule has 1 aromatic carbocycles. The Balaban J connectivity index is 2.41. The van der Waals surface area contributed by atoms with Crippen LogP contribution in [-0.2, 0) is 4.74 Å². The number of benzene rings is 1. The van der Waals surface area contributed by atoms with E-state index in [4.69, 9.17) is 10.5 Å². The molecule has 0 radical (unpaired) electrons. The van der Waals surface area contributed by atoms with Gasteiger partial charge in [0.25, 0.3) is 0 Å². The van der Waals surface area contributed by atoms with E-state index >= 15 is 0 Å². The van der Waals surface area contributed by atoms with Crippen molar-refractivity contribution in [2.45, 2.75) is 6.36 Å². The first-order chi connectivity index (χ1) is 10.8. The first-order valence-corrected chi connectivity index (χ1v) is 6.90. The molecule has 0 amide bonds. The average molecular weight is 334 g/mol. The van der Waals surface area contributed by atoms with E-state index in [1.54, 1.807) is 7.11 Å². The van der Waals surface area contributed by atoms with Crippen LogP contribution in [0.3, 0.4) is 0 Å². The van der Waals surface area contributed by atoms with Crippen LogP contribution >= 0.6 is 0 Å². The quantitative estimate of drug-likeness (QED) is 0.561. The fraction of sp³-hybridized carbons (Fsp3) is 0.500. The number of nitrogens with zero attached hydrogens (tertiary/aromatic N) is 2. The van der Waals surface area contributed by atoms with Gasteiger partial charge in [-0.15, -0.1) is 13.2 Å². The minimum atomic E-state index is -4.70. The van der Waals surface area contributed by atoms with Crippen molar-refractivity contribution in [3.63, 3.8) is 0 Å². The zero-order valence-corrected chi connectivity index (χ0v) is 13.1. The van der Waals surface area contributed by atoms with Crippen molar-refractivity contribution in [3.05, 3.63) is 24.3 Å². The molecule has 0 atom stereocenters. The van der Waals surface area contributed by atoms with Gasteiger partial charge in [-0.2, -0.15) is 0 Å². The van der Waals surface area contributed by atoms with Gasteiger partial charge in [0.05, 0.1) is 13.2 Å². The second kappa shape index (κ2) is 9.21. The van der Waals surface area contributed by atoms with Crippen molar-refractivity contribution in [1.29, 1.82) is 0 Å². The molecule has 3 N–H and O–H groups in total. The van der Waals surface area contributed by atoms with Gasteiger partial charge in [-0.3, -0.25) is 4.99 Å². The molecule has 0 unspecified atom stereocenters. The van der Waals surface area contributed by atoms with Crippen LogP contribution in [0.5, 0.6) is 5.75 Å². The molecule has 1 rings (SSSR count). The lowest BCUT2D eigenvalue weighted by Gasteiger charge is -2.14. The number of anilines is 1. The summed E-state index contributed by atoms with van der Waals surface area (Å²) in [5, 5.41) is 2.80. The third-order valence-electron chi connectivity index (χ3n) is 2.80. The molecule has 0 saturated heterocycles. The van der Waals surface area contributed by atoms with Crippen LogP contribution in [-0.4, -0.2) is 57.6 Å². The maximum Gasteiger partial charge on any atom is 0.573 e. The summed E-state index contributed by atoms with van der Waals surface area (Å²) in [7, 11) is 3.58. The number of nitrogens with one attached hydrogen (secondary N) is 1. The normalized spacial score (nSPS) is 12.5. The molecule has 6 nitrogen and oxygen atoms in total. The van der Waals surface area contributed by atoms with Gasteiger partial charge in [-0.25, -0.2) is 0 Å². The summed E-state index contributed by atoms with van der Waals surface area (Å²) in [6, 6.07) is 5.24.